The second-order valence-corrected chi connectivity index (χ2v) is 6.07. The Morgan fingerprint density at radius 2 is 1.81 bits per heavy atom. The minimum Gasteiger partial charge on any atom is -0.303 e. The molecule has 1 aliphatic heterocycles. The van der Waals surface area contributed by atoms with E-state index in [1.54, 1.807) is 4.98 Å². The molecule has 11 heteroatoms. The van der Waals surface area contributed by atoms with Gasteiger partial charge in [0, 0.05) is 30.8 Å². The molecule has 0 saturated heterocycles. The highest BCUT2D eigenvalue weighted by molar-refractivity contribution is 5.29. The Morgan fingerprint density at radius 1 is 1.11 bits per heavy atom. The summed E-state index contributed by atoms with van der Waals surface area (Å²) in [4.78, 5) is 18.3. The molecular formula is C16H12F7N3O. The normalized spacial score (nSPS) is 15.7. The Kier molecular flexibility index (Phi) is 4.74. The van der Waals surface area contributed by atoms with Crippen molar-refractivity contribution in [2.24, 2.45) is 0 Å². The van der Waals surface area contributed by atoms with Crippen LogP contribution in [-0.4, -0.2) is 21.4 Å². The summed E-state index contributed by atoms with van der Waals surface area (Å²) < 4.78 is 90.9. The molecule has 0 bridgehead atoms. The van der Waals surface area contributed by atoms with Crippen LogP contribution in [0.3, 0.4) is 0 Å². The largest absolute Gasteiger partial charge is 0.449 e. The van der Waals surface area contributed by atoms with Crippen LogP contribution in [0.15, 0.2) is 23.0 Å². The van der Waals surface area contributed by atoms with E-state index in [0.29, 0.717) is 6.07 Å². The number of nitrogens with one attached hydrogen (secondary N) is 1. The molecule has 0 spiro atoms. The average Bonchev–Trinajstić information content (AvgIpc) is 2.54. The summed E-state index contributed by atoms with van der Waals surface area (Å²) in [6.07, 6.45) is -9.65. The molecule has 0 saturated carbocycles. The molecule has 1 aromatic heterocycles. The first-order valence-electron chi connectivity index (χ1n) is 7.73. The monoisotopic (exact) mass is 395 g/mol. The van der Waals surface area contributed by atoms with Crippen LogP contribution >= 0.6 is 0 Å². The number of aromatic amines is 1. The summed E-state index contributed by atoms with van der Waals surface area (Å²) in [5.41, 5.74) is -2.59. The fraction of sp³-hybridized carbons (Fsp3) is 0.375. The quantitative estimate of drug-likeness (QED) is 0.792. The molecule has 0 atom stereocenters. The number of H-pyrrole nitrogens is 1. The number of hydrogen-bond donors (Lipinski definition) is 1. The van der Waals surface area contributed by atoms with Gasteiger partial charge in [-0.3, -0.25) is 9.69 Å². The number of fused-ring (bicyclic) bond motifs is 1. The predicted octanol–water partition coefficient (Wildman–Crippen LogP) is 3.50. The van der Waals surface area contributed by atoms with Crippen molar-refractivity contribution in [3.05, 3.63) is 62.6 Å². The Balaban J connectivity index is 1.87. The third-order valence-corrected chi connectivity index (χ3v) is 4.20. The van der Waals surface area contributed by atoms with Gasteiger partial charge in [-0.25, -0.2) is 9.37 Å². The zero-order valence-electron chi connectivity index (χ0n) is 13.5. The van der Waals surface area contributed by atoms with Gasteiger partial charge in [0.15, 0.2) is 0 Å². The van der Waals surface area contributed by atoms with E-state index in [2.05, 4.69) is 4.98 Å². The second-order valence-electron chi connectivity index (χ2n) is 6.07. The van der Waals surface area contributed by atoms with Crippen LogP contribution in [0, 0.1) is 5.82 Å². The van der Waals surface area contributed by atoms with Gasteiger partial charge in [0.1, 0.15) is 5.82 Å². The molecule has 1 aromatic carbocycles. The maximum absolute atomic E-state index is 14.1. The Labute approximate surface area is 147 Å². The molecule has 146 valence electrons. The molecule has 4 nitrogen and oxygen atoms in total. The lowest BCUT2D eigenvalue weighted by Crippen LogP contribution is -2.36. The van der Waals surface area contributed by atoms with Gasteiger partial charge in [0.05, 0.1) is 11.3 Å². The molecule has 0 aliphatic carbocycles. The van der Waals surface area contributed by atoms with E-state index in [1.807, 2.05) is 0 Å². The molecule has 0 fully saturated rings. The van der Waals surface area contributed by atoms with Gasteiger partial charge in [0.25, 0.3) is 5.56 Å². The molecule has 2 heterocycles. The molecule has 2 aromatic rings. The van der Waals surface area contributed by atoms with Crippen molar-refractivity contribution in [2.75, 3.05) is 6.54 Å². The molecule has 3 rings (SSSR count). The van der Waals surface area contributed by atoms with Gasteiger partial charge in [-0.1, -0.05) is 12.1 Å². The number of aromatic nitrogens is 2. The lowest BCUT2D eigenvalue weighted by atomic mass is 10.0. The van der Waals surface area contributed by atoms with Gasteiger partial charge in [-0.15, -0.1) is 0 Å². The molecule has 0 unspecified atom stereocenters. The van der Waals surface area contributed by atoms with Gasteiger partial charge in [-0.2, -0.15) is 26.3 Å². The molecule has 27 heavy (non-hydrogen) atoms. The highest BCUT2D eigenvalue weighted by Crippen LogP contribution is 2.33. The maximum Gasteiger partial charge on any atom is 0.449 e. The highest BCUT2D eigenvalue weighted by Gasteiger charge is 2.37. The molecule has 1 N–H and O–H groups in total. The van der Waals surface area contributed by atoms with E-state index in [-0.39, 0.29) is 42.9 Å². The summed E-state index contributed by atoms with van der Waals surface area (Å²) in [6, 6.07) is 2.84. The van der Waals surface area contributed by atoms with E-state index < -0.39 is 35.1 Å². The van der Waals surface area contributed by atoms with Crippen LogP contribution in [0.1, 0.15) is 28.2 Å². The zero-order valence-corrected chi connectivity index (χ0v) is 13.5. The number of nitrogens with zero attached hydrogens (tertiary/aromatic N) is 2. The van der Waals surface area contributed by atoms with Crippen LogP contribution in [-0.2, 0) is 31.9 Å². The summed E-state index contributed by atoms with van der Waals surface area (Å²) in [5, 5.41) is 0. The molecule has 0 radical (unpaired) electrons. The van der Waals surface area contributed by atoms with Gasteiger partial charge < -0.3 is 4.98 Å². The minimum absolute atomic E-state index is 0.0520. The lowest BCUT2D eigenvalue weighted by Gasteiger charge is -2.28. The fourth-order valence-corrected chi connectivity index (χ4v) is 2.92. The Bertz CT molecular complexity index is 918. The predicted molar refractivity (Wildman–Crippen MR) is 79.1 cm³/mol. The van der Waals surface area contributed by atoms with E-state index >= 15 is 0 Å². The van der Waals surface area contributed by atoms with Gasteiger partial charge >= 0.3 is 12.4 Å². The number of benzene rings is 1. The molecule has 1 aliphatic rings. The van der Waals surface area contributed by atoms with Crippen molar-refractivity contribution in [2.45, 2.75) is 31.9 Å². The molecular weight excluding hydrogens is 383 g/mol. The van der Waals surface area contributed by atoms with Crippen molar-refractivity contribution < 1.29 is 30.7 Å². The summed E-state index contributed by atoms with van der Waals surface area (Å²) >= 11 is 0. The standard InChI is InChI=1S/C16H12F7N3O/c17-12-8(2-1-3-10(12)15(18,19)20)6-26-5-4-9-11(7-26)24-14(16(21,22)23)25-13(9)27/h1-3H,4-7H2,(H,24,25,27). The second kappa shape index (κ2) is 6.63. The summed E-state index contributed by atoms with van der Waals surface area (Å²) in [6.45, 7) is -0.304. The van der Waals surface area contributed by atoms with E-state index in [4.69, 9.17) is 0 Å². The molecule has 0 amide bonds. The number of rotatable bonds is 2. The van der Waals surface area contributed by atoms with Crippen LogP contribution < -0.4 is 5.56 Å². The smallest absolute Gasteiger partial charge is 0.303 e. The van der Waals surface area contributed by atoms with E-state index in [1.165, 1.54) is 11.0 Å². The van der Waals surface area contributed by atoms with Crippen LogP contribution in [0.2, 0.25) is 0 Å². The first-order chi connectivity index (χ1) is 12.5. The van der Waals surface area contributed by atoms with Crippen LogP contribution in [0.5, 0.6) is 0 Å². The van der Waals surface area contributed by atoms with Crippen LogP contribution in [0.4, 0.5) is 30.7 Å². The maximum atomic E-state index is 14.1. The number of halogens is 7. The number of hydrogen-bond acceptors (Lipinski definition) is 3. The van der Waals surface area contributed by atoms with Crippen molar-refractivity contribution in [1.82, 2.24) is 14.9 Å². The first kappa shape index (κ1) is 19.3. The van der Waals surface area contributed by atoms with Crippen molar-refractivity contribution in [3.63, 3.8) is 0 Å². The Hall–Kier alpha value is -2.43. The number of alkyl halides is 6. The van der Waals surface area contributed by atoms with Gasteiger partial charge in [-0.05, 0) is 12.5 Å². The van der Waals surface area contributed by atoms with E-state index in [9.17, 15) is 35.5 Å². The zero-order chi connectivity index (χ0) is 20.0. The van der Waals surface area contributed by atoms with Crippen LogP contribution in [0.25, 0.3) is 0 Å². The fourth-order valence-electron chi connectivity index (χ4n) is 2.92. The minimum atomic E-state index is -4.86. The van der Waals surface area contributed by atoms with E-state index in [0.717, 1.165) is 6.07 Å². The van der Waals surface area contributed by atoms with Crippen molar-refractivity contribution in [1.29, 1.82) is 0 Å². The first-order valence-corrected chi connectivity index (χ1v) is 7.73. The highest BCUT2D eigenvalue weighted by atomic mass is 19.4. The lowest BCUT2D eigenvalue weighted by molar-refractivity contribution is -0.145. The van der Waals surface area contributed by atoms with Gasteiger partial charge in [0.2, 0.25) is 5.82 Å². The van der Waals surface area contributed by atoms with Crippen molar-refractivity contribution >= 4 is 0 Å². The SMILES string of the molecule is O=c1[nH]c(C(F)(F)F)nc2c1CCN(Cc1cccc(C(F)(F)F)c1F)C2. The third-order valence-electron chi connectivity index (χ3n) is 4.20. The Morgan fingerprint density at radius 3 is 2.44 bits per heavy atom. The third kappa shape index (κ3) is 3.97. The van der Waals surface area contributed by atoms with Crippen molar-refractivity contribution in [3.8, 4) is 0 Å². The summed E-state index contributed by atoms with van der Waals surface area (Å²) in [7, 11) is 0. The summed E-state index contributed by atoms with van der Waals surface area (Å²) in [5.74, 6) is -2.87. The average molecular weight is 395 g/mol. The topological polar surface area (TPSA) is 49.0 Å².